The molecule has 0 atom stereocenters. The first kappa shape index (κ1) is 19.7. The Morgan fingerprint density at radius 2 is 2.06 bits per heavy atom. The van der Waals surface area contributed by atoms with Crippen molar-refractivity contribution < 1.29 is 9.47 Å². The third kappa shape index (κ3) is 3.43. The first-order valence-corrected chi connectivity index (χ1v) is 11.6. The van der Waals surface area contributed by atoms with Crippen molar-refractivity contribution in [2.75, 3.05) is 19.0 Å². The molecule has 2 fully saturated rings. The summed E-state index contributed by atoms with van der Waals surface area (Å²) in [5, 5.41) is 11.7. The molecule has 32 heavy (non-hydrogen) atoms. The van der Waals surface area contributed by atoms with Gasteiger partial charge in [-0.2, -0.15) is 4.98 Å². The summed E-state index contributed by atoms with van der Waals surface area (Å²) in [7, 11) is 1.69. The van der Waals surface area contributed by atoms with E-state index in [4.69, 9.17) is 19.4 Å². The molecule has 0 unspecified atom stereocenters. The van der Waals surface area contributed by atoms with Crippen LogP contribution >= 0.6 is 0 Å². The lowest BCUT2D eigenvalue weighted by Gasteiger charge is -2.46. The van der Waals surface area contributed by atoms with Gasteiger partial charge >= 0.3 is 0 Å². The average Bonchev–Trinajstić information content (AvgIpc) is 3.16. The maximum absolute atomic E-state index is 5.86. The van der Waals surface area contributed by atoms with Crippen molar-refractivity contribution in [3.05, 3.63) is 47.6 Å². The fourth-order valence-corrected chi connectivity index (χ4v) is 5.27. The Kier molecular flexibility index (Phi) is 4.82. The van der Waals surface area contributed by atoms with Crippen LogP contribution in [0.5, 0.6) is 5.88 Å². The number of allylic oxidation sites excluding steroid dienone is 1. The second-order valence-corrected chi connectivity index (χ2v) is 9.10. The monoisotopic (exact) mass is 432 g/mol. The van der Waals surface area contributed by atoms with Crippen LogP contribution in [0, 0.1) is 0 Å². The van der Waals surface area contributed by atoms with Gasteiger partial charge in [-0.05, 0) is 74.6 Å². The minimum atomic E-state index is 0.163. The molecule has 0 bridgehead atoms. The number of aryl methyl sites for hydroxylation is 1. The fraction of sp³-hybridized carbons (Fsp3) is 0.500. The number of aromatic nitrogens is 5. The fourth-order valence-electron chi connectivity index (χ4n) is 5.27. The van der Waals surface area contributed by atoms with Crippen LogP contribution in [0.15, 0.2) is 30.7 Å². The Balaban J connectivity index is 1.31. The number of methoxy groups -OCH3 is 1. The van der Waals surface area contributed by atoms with E-state index in [2.05, 4.69) is 33.9 Å². The van der Waals surface area contributed by atoms with Gasteiger partial charge < -0.3 is 14.8 Å². The van der Waals surface area contributed by atoms with Crippen molar-refractivity contribution in [1.29, 1.82) is 0 Å². The van der Waals surface area contributed by atoms with Gasteiger partial charge in [-0.15, -0.1) is 10.2 Å². The molecule has 1 spiro atoms. The third-order valence-corrected chi connectivity index (χ3v) is 7.18. The predicted molar refractivity (Wildman–Crippen MR) is 121 cm³/mol. The van der Waals surface area contributed by atoms with Gasteiger partial charge in [0.1, 0.15) is 6.33 Å². The number of ether oxygens (including phenoxy) is 2. The molecule has 3 aromatic rings. The molecule has 4 heterocycles. The lowest BCUT2D eigenvalue weighted by molar-refractivity contribution is -0.165. The molecular formula is C24H28N6O2. The maximum atomic E-state index is 5.86. The van der Waals surface area contributed by atoms with Gasteiger partial charge in [0.15, 0.2) is 5.65 Å². The van der Waals surface area contributed by atoms with Gasteiger partial charge in [0.05, 0.1) is 30.6 Å². The average molecular weight is 433 g/mol. The Morgan fingerprint density at radius 3 is 2.84 bits per heavy atom. The van der Waals surface area contributed by atoms with Crippen LogP contribution in [0.25, 0.3) is 11.2 Å². The standard InChI is InChI=1S/C24H28N6O2/c1-31-22-21-18(16-6-7-20-29-25-15-30(20)14-16)4-2-3-5-19(21)27-23(28-22)26-17-8-10-24(11-9-17)12-13-32-24/h4,6-7,14-15,17H,2-3,5,8-13H2,1H3,(H,26,27,28)/t17-,24-. The molecule has 3 aliphatic rings. The van der Waals surface area contributed by atoms with E-state index in [1.807, 2.05) is 10.5 Å². The van der Waals surface area contributed by atoms with Crippen LogP contribution in [0.3, 0.4) is 0 Å². The Hall–Kier alpha value is -3.00. The highest BCUT2D eigenvalue weighted by Gasteiger charge is 2.41. The smallest absolute Gasteiger partial charge is 0.226 e. The molecule has 0 radical (unpaired) electrons. The summed E-state index contributed by atoms with van der Waals surface area (Å²) in [4.78, 5) is 9.76. The second-order valence-electron chi connectivity index (χ2n) is 9.10. The summed E-state index contributed by atoms with van der Waals surface area (Å²) < 4.78 is 13.6. The molecular weight excluding hydrogens is 404 g/mol. The molecule has 1 saturated carbocycles. The minimum Gasteiger partial charge on any atom is -0.480 e. The molecule has 1 saturated heterocycles. The van der Waals surface area contributed by atoms with E-state index >= 15 is 0 Å². The number of hydrogen-bond donors (Lipinski definition) is 1. The van der Waals surface area contributed by atoms with Crippen molar-refractivity contribution in [1.82, 2.24) is 24.6 Å². The minimum absolute atomic E-state index is 0.163. The van der Waals surface area contributed by atoms with Gasteiger partial charge in [-0.1, -0.05) is 6.08 Å². The van der Waals surface area contributed by atoms with E-state index in [9.17, 15) is 0 Å². The zero-order valence-electron chi connectivity index (χ0n) is 18.4. The highest BCUT2D eigenvalue weighted by atomic mass is 16.5. The van der Waals surface area contributed by atoms with E-state index in [0.717, 1.165) is 79.6 Å². The van der Waals surface area contributed by atoms with Crippen molar-refractivity contribution in [2.45, 2.75) is 63.0 Å². The van der Waals surface area contributed by atoms with Crippen LogP contribution < -0.4 is 10.1 Å². The van der Waals surface area contributed by atoms with E-state index in [1.165, 1.54) is 6.42 Å². The molecule has 2 aliphatic carbocycles. The number of rotatable bonds is 4. The molecule has 1 aliphatic heterocycles. The molecule has 8 heteroatoms. The van der Waals surface area contributed by atoms with Gasteiger partial charge in [0.2, 0.25) is 11.8 Å². The lowest BCUT2D eigenvalue weighted by Crippen LogP contribution is -2.48. The number of hydrogen-bond acceptors (Lipinski definition) is 7. The van der Waals surface area contributed by atoms with Crippen LogP contribution in [0.1, 0.15) is 61.8 Å². The van der Waals surface area contributed by atoms with E-state index in [1.54, 1.807) is 13.4 Å². The molecule has 1 N–H and O–H groups in total. The topological polar surface area (TPSA) is 86.5 Å². The molecule has 3 aromatic heterocycles. The summed E-state index contributed by atoms with van der Waals surface area (Å²) in [5.41, 5.74) is 5.22. The largest absolute Gasteiger partial charge is 0.480 e. The predicted octanol–water partition coefficient (Wildman–Crippen LogP) is 3.81. The summed E-state index contributed by atoms with van der Waals surface area (Å²) in [6.07, 6.45) is 14.6. The van der Waals surface area contributed by atoms with Crippen LogP contribution in [0.4, 0.5) is 5.95 Å². The zero-order valence-corrected chi connectivity index (χ0v) is 18.4. The normalized spacial score (nSPS) is 25.0. The summed E-state index contributed by atoms with van der Waals surface area (Å²) >= 11 is 0. The Bertz CT molecular complexity index is 1170. The van der Waals surface area contributed by atoms with Crippen molar-refractivity contribution >= 4 is 17.2 Å². The summed E-state index contributed by atoms with van der Waals surface area (Å²) in [6, 6.07) is 4.44. The first-order chi connectivity index (χ1) is 15.7. The SMILES string of the molecule is COc1nc(N[C@H]2CC[C@@]3(CCO3)CC2)nc2c1C(c1ccc3nncn3c1)=CCCC2. The lowest BCUT2D eigenvalue weighted by atomic mass is 9.77. The summed E-state index contributed by atoms with van der Waals surface area (Å²) in [5.74, 6) is 1.30. The van der Waals surface area contributed by atoms with Crippen LogP contribution in [-0.4, -0.2) is 49.9 Å². The summed E-state index contributed by atoms with van der Waals surface area (Å²) in [6.45, 7) is 0.920. The molecule has 0 aromatic carbocycles. The zero-order chi connectivity index (χ0) is 21.5. The van der Waals surface area contributed by atoms with Gasteiger partial charge in [0.25, 0.3) is 0 Å². The van der Waals surface area contributed by atoms with Crippen molar-refractivity contribution in [2.24, 2.45) is 0 Å². The van der Waals surface area contributed by atoms with E-state index in [-0.39, 0.29) is 5.60 Å². The number of anilines is 1. The molecule has 166 valence electrons. The highest BCUT2D eigenvalue weighted by molar-refractivity contribution is 5.84. The van der Waals surface area contributed by atoms with E-state index < -0.39 is 0 Å². The number of pyridine rings is 1. The third-order valence-electron chi connectivity index (χ3n) is 7.18. The maximum Gasteiger partial charge on any atom is 0.226 e. The number of nitrogens with zero attached hydrogens (tertiary/aromatic N) is 5. The molecule has 0 amide bonds. The molecule has 8 nitrogen and oxygen atoms in total. The van der Waals surface area contributed by atoms with Gasteiger partial charge in [0, 0.05) is 12.2 Å². The first-order valence-electron chi connectivity index (χ1n) is 11.6. The quantitative estimate of drug-likeness (QED) is 0.671. The Labute approximate surface area is 187 Å². The molecule has 6 rings (SSSR count). The number of fused-ring (bicyclic) bond motifs is 2. The van der Waals surface area contributed by atoms with E-state index in [0.29, 0.717) is 17.9 Å². The van der Waals surface area contributed by atoms with Gasteiger partial charge in [-0.25, -0.2) is 4.98 Å². The Morgan fingerprint density at radius 1 is 1.19 bits per heavy atom. The number of nitrogens with one attached hydrogen (secondary N) is 1. The van der Waals surface area contributed by atoms with Crippen molar-refractivity contribution in [3.63, 3.8) is 0 Å². The van der Waals surface area contributed by atoms with Gasteiger partial charge in [-0.3, -0.25) is 4.40 Å². The van der Waals surface area contributed by atoms with Crippen molar-refractivity contribution in [3.8, 4) is 5.88 Å². The highest BCUT2D eigenvalue weighted by Crippen LogP contribution is 2.41. The second kappa shape index (κ2) is 7.85. The van der Waals surface area contributed by atoms with Crippen LogP contribution in [-0.2, 0) is 11.2 Å². The van der Waals surface area contributed by atoms with Crippen LogP contribution in [0.2, 0.25) is 0 Å².